The molecule has 3 heterocycles. The average Bonchev–Trinajstić information content (AvgIpc) is 3.52. The number of fused-ring (bicyclic) bond motifs is 1. The number of anilines is 4. The molecule has 10 nitrogen and oxygen atoms in total. The molecule has 1 aliphatic heterocycles. The van der Waals surface area contributed by atoms with Crippen molar-refractivity contribution in [2.75, 3.05) is 38.3 Å². The summed E-state index contributed by atoms with van der Waals surface area (Å²) in [5, 5.41) is 11.4. The third-order valence-electron chi connectivity index (χ3n) is 5.14. The molecule has 5 rings (SSSR count). The Bertz CT molecular complexity index is 1290. The summed E-state index contributed by atoms with van der Waals surface area (Å²) >= 11 is 0. The van der Waals surface area contributed by atoms with Gasteiger partial charge in [-0.25, -0.2) is 4.98 Å². The molecule has 0 saturated carbocycles. The van der Waals surface area contributed by atoms with Crippen LogP contribution < -0.4 is 29.2 Å². The zero-order valence-electron chi connectivity index (χ0n) is 18.2. The molecule has 0 atom stereocenters. The van der Waals surface area contributed by atoms with Crippen LogP contribution in [0.5, 0.6) is 23.0 Å². The number of nitrogens with one attached hydrogen (secondary N) is 1. The lowest BCUT2D eigenvalue weighted by Crippen LogP contribution is -2.12. The van der Waals surface area contributed by atoms with E-state index in [1.165, 1.54) is 0 Å². The Labute approximate surface area is 189 Å². The topological polar surface area (TPSA) is 104 Å². The predicted octanol–water partition coefficient (Wildman–Crippen LogP) is 4.39. The molecule has 1 aliphatic rings. The van der Waals surface area contributed by atoms with Crippen molar-refractivity contribution < 1.29 is 23.4 Å². The van der Waals surface area contributed by atoms with Gasteiger partial charge in [-0.1, -0.05) is 5.10 Å². The lowest BCUT2D eigenvalue weighted by atomic mass is 10.2. The van der Waals surface area contributed by atoms with Crippen LogP contribution in [0.4, 0.5) is 23.2 Å². The Balaban J connectivity index is 1.41. The van der Waals surface area contributed by atoms with Crippen molar-refractivity contribution in [3.8, 4) is 34.5 Å². The van der Waals surface area contributed by atoms with Gasteiger partial charge in [-0.05, 0) is 36.4 Å². The zero-order valence-corrected chi connectivity index (χ0v) is 18.2. The fraction of sp³-hybridized carbons (Fsp3) is 0.174. The Morgan fingerprint density at radius 2 is 1.79 bits per heavy atom. The number of hydrogen-bond donors (Lipinski definition) is 1. The van der Waals surface area contributed by atoms with E-state index >= 15 is 0 Å². The van der Waals surface area contributed by atoms with Crippen molar-refractivity contribution in [3.05, 3.63) is 54.7 Å². The molecule has 0 radical (unpaired) electrons. The van der Waals surface area contributed by atoms with E-state index in [0.29, 0.717) is 40.2 Å². The van der Waals surface area contributed by atoms with E-state index < -0.39 is 0 Å². The molecule has 2 aromatic carbocycles. The number of pyridine rings is 1. The molecule has 10 heteroatoms. The van der Waals surface area contributed by atoms with E-state index in [0.717, 1.165) is 11.4 Å². The average molecular weight is 447 g/mol. The summed E-state index contributed by atoms with van der Waals surface area (Å²) in [7, 11) is 5.07. The first-order valence-electron chi connectivity index (χ1n) is 10.1. The predicted molar refractivity (Wildman–Crippen MR) is 121 cm³/mol. The molecular weight excluding hydrogens is 426 g/mol. The van der Waals surface area contributed by atoms with Gasteiger partial charge in [0.1, 0.15) is 5.82 Å². The van der Waals surface area contributed by atoms with Crippen LogP contribution in [0, 0.1) is 0 Å². The Morgan fingerprint density at radius 1 is 0.939 bits per heavy atom. The van der Waals surface area contributed by atoms with Crippen LogP contribution in [0.1, 0.15) is 0 Å². The lowest BCUT2D eigenvalue weighted by Gasteiger charge is -2.20. The van der Waals surface area contributed by atoms with Gasteiger partial charge in [0.15, 0.2) is 23.0 Å². The molecule has 4 aromatic rings. The summed E-state index contributed by atoms with van der Waals surface area (Å²) < 4.78 is 27.4. The molecule has 0 fully saturated rings. The summed E-state index contributed by atoms with van der Waals surface area (Å²) in [6, 6.07) is 15.0. The highest BCUT2D eigenvalue weighted by molar-refractivity contribution is 5.76. The van der Waals surface area contributed by atoms with Gasteiger partial charge in [-0.15, -0.1) is 5.10 Å². The summed E-state index contributed by atoms with van der Waals surface area (Å²) in [4.78, 5) is 6.45. The minimum Gasteiger partial charge on any atom is -0.493 e. The third-order valence-corrected chi connectivity index (χ3v) is 5.14. The van der Waals surface area contributed by atoms with Crippen LogP contribution in [0.2, 0.25) is 0 Å². The molecule has 0 aliphatic carbocycles. The van der Waals surface area contributed by atoms with Crippen LogP contribution in [0.25, 0.3) is 11.5 Å². The maximum atomic E-state index is 5.89. The number of methoxy groups -OCH3 is 2. The molecule has 168 valence electrons. The summed E-state index contributed by atoms with van der Waals surface area (Å²) in [6.07, 6.45) is 1.71. The van der Waals surface area contributed by atoms with E-state index in [1.54, 1.807) is 32.5 Å². The molecule has 0 amide bonds. The number of aromatic nitrogens is 3. The highest BCUT2D eigenvalue weighted by Gasteiger charge is 2.20. The minimum absolute atomic E-state index is 0.217. The standard InChI is InChI=1S/C23H21N5O5/c1-28(15-7-9-18-20(12-15)32-13-31-18)21-16(5-4-10-24-21)22-26-27-23(33-22)25-14-6-8-17(29-2)19(11-14)30-3/h4-12H,13H2,1-3H3,(H,25,27). The maximum absolute atomic E-state index is 5.89. The highest BCUT2D eigenvalue weighted by Crippen LogP contribution is 2.39. The van der Waals surface area contributed by atoms with Gasteiger partial charge in [0.2, 0.25) is 6.79 Å². The van der Waals surface area contributed by atoms with Crippen molar-refractivity contribution in [3.63, 3.8) is 0 Å². The fourth-order valence-corrected chi connectivity index (χ4v) is 3.47. The van der Waals surface area contributed by atoms with E-state index in [4.69, 9.17) is 23.4 Å². The van der Waals surface area contributed by atoms with Gasteiger partial charge >= 0.3 is 6.01 Å². The van der Waals surface area contributed by atoms with Crippen LogP contribution in [-0.4, -0.2) is 43.2 Å². The van der Waals surface area contributed by atoms with Crippen LogP contribution in [-0.2, 0) is 0 Å². The third kappa shape index (κ3) is 3.93. The molecule has 1 N–H and O–H groups in total. The first kappa shape index (κ1) is 20.4. The molecule has 0 unspecified atom stereocenters. The van der Waals surface area contributed by atoms with Gasteiger partial charge in [-0.2, -0.15) is 0 Å². The van der Waals surface area contributed by atoms with Gasteiger partial charge in [0, 0.05) is 36.8 Å². The SMILES string of the molecule is COc1ccc(Nc2nnc(-c3cccnc3N(C)c3ccc4c(c3)OCO4)o2)cc1OC. The van der Waals surface area contributed by atoms with Crippen molar-refractivity contribution in [2.24, 2.45) is 0 Å². The quantitative estimate of drug-likeness (QED) is 0.439. The zero-order chi connectivity index (χ0) is 22.8. The molecule has 0 spiro atoms. The number of rotatable bonds is 7. The van der Waals surface area contributed by atoms with Crippen molar-refractivity contribution in [1.29, 1.82) is 0 Å². The van der Waals surface area contributed by atoms with Crippen molar-refractivity contribution in [2.45, 2.75) is 0 Å². The monoisotopic (exact) mass is 447 g/mol. The summed E-state index contributed by atoms with van der Waals surface area (Å²) in [6.45, 7) is 0.217. The lowest BCUT2D eigenvalue weighted by molar-refractivity contribution is 0.174. The van der Waals surface area contributed by atoms with Gasteiger partial charge < -0.3 is 33.6 Å². The summed E-state index contributed by atoms with van der Waals surface area (Å²) in [5.41, 5.74) is 2.28. The second kappa shape index (κ2) is 8.58. The van der Waals surface area contributed by atoms with Crippen molar-refractivity contribution in [1.82, 2.24) is 15.2 Å². The highest BCUT2D eigenvalue weighted by atomic mass is 16.7. The van der Waals surface area contributed by atoms with Gasteiger partial charge in [0.05, 0.1) is 19.8 Å². The molecule has 33 heavy (non-hydrogen) atoms. The minimum atomic E-state index is 0.217. The number of nitrogens with zero attached hydrogens (tertiary/aromatic N) is 4. The Hall–Kier alpha value is -4.47. The normalized spacial score (nSPS) is 11.8. The van der Waals surface area contributed by atoms with E-state index in [2.05, 4.69) is 20.5 Å². The number of ether oxygens (including phenoxy) is 4. The van der Waals surface area contributed by atoms with E-state index in [-0.39, 0.29) is 12.8 Å². The van der Waals surface area contributed by atoms with Crippen LogP contribution in [0.15, 0.2) is 59.1 Å². The van der Waals surface area contributed by atoms with Gasteiger partial charge in [0.25, 0.3) is 5.89 Å². The van der Waals surface area contributed by atoms with Crippen LogP contribution >= 0.6 is 0 Å². The Kier molecular flexibility index (Phi) is 5.31. The largest absolute Gasteiger partial charge is 0.493 e. The Morgan fingerprint density at radius 3 is 2.64 bits per heavy atom. The first-order valence-corrected chi connectivity index (χ1v) is 10.1. The molecule has 0 bridgehead atoms. The van der Waals surface area contributed by atoms with Crippen molar-refractivity contribution >= 4 is 23.2 Å². The number of benzene rings is 2. The molecular formula is C23H21N5O5. The second-order valence-electron chi connectivity index (χ2n) is 7.08. The summed E-state index contributed by atoms with van der Waals surface area (Å²) in [5.74, 6) is 3.60. The fourth-order valence-electron chi connectivity index (χ4n) is 3.47. The van der Waals surface area contributed by atoms with E-state index in [1.807, 2.05) is 48.3 Å². The smallest absolute Gasteiger partial charge is 0.320 e. The second-order valence-corrected chi connectivity index (χ2v) is 7.08. The van der Waals surface area contributed by atoms with Crippen LogP contribution in [0.3, 0.4) is 0 Å². The molecule has 0 saturated heterocycles. The first-order chi connectivity index (χ1) is 16.2. The van der Waals surface area contributed by atoms with Gasteiger partial charge in [-0.3, -0.25) is 0 Å². The van der Waals surface area contributed by atoms with E-state index in [9.17, 15) is 0 Å². The number of hydrogen-bond acceptors (Lipinski definition) is 10. The maximum Gasteiger partial charge on any atom is 0.320 e. The molecule has 2 aromatic heterocycles.